The highest BCUT2D eigenvalue weighted by molar-refractivity contribution is 5.93. The molecule has 0 atom stereocenters. The van der Waals surface area contributed by atoms with E-state index >= 15 is 0 Å². The Morgan fingerprint density at radius 3 is 1.81 bits per heavy atom. The van der Waals surface area contributed by atoms with Crippen LogP contribution in [0.25, 0.3) is 0 Å². The molecule has 3 amide bonds. The van der Waals surface area contributed by atoms with E-state index in [2.05, 4.69) is 13.2 Å². The van der Waals surface area contributed by atoms with E-state index in [4.69, 9.17) is 9.47 Å². The molecule has 0 heterocycles. The Labute approximate surface area is 188 Å². The van der Waals surface area contributed by atoms with E-state index in [0.29, 0.717) is 17.9 Å². The standard InChI is InChI=1S/C25H28N2O5/c1-3-5-8-17-23(28)27(25(30)32-20-22-15-11-7-12-16-22)26(18-4-2)24(29)31-19-21-13-9-6-10-14-21/h3-4,6-7,9-16H,1-2,5,8,17-20H2. The van der Waals surface area contributed by atoms with Crippen LogP contribution in [-0.2, 0) is 27.5 Å². The Kier molecular flexibility index (Phi) is 10.2. The van der Waals surface area contributed by atoms with Gasteiger partial charge in [-0.25, -0.2) is 14.6 Å². The number of hydrogen-bond donors (Lipinski definition) is 0. The number of allylic oxidation sites excluding steroid dienone is 1. The minimum Gasteiger partial charge on any atom is -0.443 e. The van der Waals surface area contributed by atoms with Crippen LogP contribution in [-0.4, -0.2) is 34.7 Å². The molecular formula is C25H28N2O5. The molecule has 0 spiro atoms. The molecule has 0 unspecified atom stereocenters. The fourth-order valence-corrected chi connectivity index (χ4v) is 2.77. The minimum absolute atomic E-state index is 0.00905. The molecule has 2 aromatic rings. The number of hydrazine groups is 1. The van der Waals surface area contributed by atoms with Gasteiger partial charge in [0.1, 0.15) is 13.2 Å². The zero-order valence-corrected chi connectivity index (χ0v) is 18.0. The Hall–Kier alpha value is -3.87. The third-order valence-corrected chi connectivity index (χ3v) is 4.37. The summed E-state index contributed by atoms with van der Waals surface area (Å²) in [5.74, 6) is -0.580. The van der Waals surface area contributed by atoms with Crippen molar-refractivity contribution in [2.24, 2.45) is 0 Å². The molecule has 0 fully saturated rings. The number of carbonyl (C=O) groups excluding carboxylic acids is 3. The van der Waals surface area contributed by atoms with E-state index in [1.165, 1.54) is 6.08 Å². The van der Waals surface area contributed by atoms with Crippen molar-refractivity contribution < 1.29 is 23.9 Å². The zero-order valence-electron chi connectivity index (χ0n) is 18.0. The van der Waals surface area contributed by atoms with Crippen molar-refractivity contribution in [3.8, 4) is 0 Å². The summed E-state index contributed by atoms with van der Waals surface area (Å²) in [5, 5.41) is 1.60. The molecule has 0 aliphatic carbocycles. The van der Waals surface area contributed by atoms with Gasteiger partial charge in [-0.1, -0.05) is 72.8 Å². The molecule has 0 aliphatic heterocycles. The molecule has 0 radical (unpaired) electrons. The first-order valence-corrected chi connectivity index (χ1v) is 10.3. The lowest BCUT2D eigenvalue weighted by molar-refractivity contribution is -0.142. The number of imide groups is 1. The molecule has 7 nitrogen and oxygen atoms in total. The smallest absolute Gasteiger partial charge is 0.436 e. The second-order valence-corrected chi connectivity index (χ2v) is 6.84. The summed E-state index contributed by atoms with van der Waals surface area (Å²) in [6.45, 7) is 7.09. The van der Waals surface area contributed by atoms with Crippen molar-refractivity contribution >= 4 is 18.1 Å². The summed E-state index contributed by atoms with van der Waals surface area (Å²) in [6.07, 6.45) is 2.37. The van der Waals surface area contributed by atoms with Gasteiger partial charge in [0.15, 0.2) is 0 Å². The fourth-order valence-electron chi connectivity index (χ4n) is 2.77. The van der Waals surface area contributed by atoms with Crippen molar-refractivity contribution in [3.05, 3.63) is 97.1 Å². The molecule has 0 N–H and O–H groups in total. The SMILES string of the molecule is C=CCCCC(=O)N(C(=O)OCc1ccccc1)N(CC=C)C(=O)OCc1ccccc1. The van der Waals surface area contributed by atoms with Crippen LogP contribution in [0.5, 0.6) is 0 Å². The summed E-state index contributed by atoms with van der Waals surface area (Å²) >= 11 is 0. The molecule has 0 saturated carbocycles. The van der Waals surface area contributed by atoms with Crippen LogP contribution in [0.15, 0.2) is 86.0 Å². The molecule has 2 rings (SSSR count). The van der Waals surface area contributed by atoms with E-state index in [0.717, 1.165) is 16.1 Å². The molecular weight excluding hydrogens is 408 g/mol. The highest BCUT2D eigenvalue weighted by atomic mass is 16.6. The molecule has 168 valence electrons. The minimum atomic E-state index is -0.962. The van der Waals surface area contributed by atoms with Crippen molar-refractivity contribution in [2.75, 3.05) is 6.54 Å². The van der Waals surface area contributed by atoms with Gasteiger partial charge >= 0.3 is 12.2 Å². The lowest BCUT2D eigenvalue weighted by atomic mass is 10.2. The van der Waals surface area contributed by atoms with Crippen LogP contribution in [0.3, 0.4) is 0 Å². The Morgan fingerprint density at radius 2 is 1.31 bits per heavy atom. The molecule has 0 aromatic heterocycles. The molecule has 0 bridgehead atoms. The summed E-state index contributed by atoms with van der Waals surface area (Å²) in [5.41, 5.74) is 1.52. The summed E-state index contributed by atoms with van der Waals surface area (Å²) in [7, 11) is 0. The Morgan fingerprint density at radius 1 is 0.781 bits per heavy atom. The highest BCUT2D eigenvalue weighted by Gasteiger charge is 2.33. The van der Waals surface area contributed by atoms with Gasteiger partial charge < -0.3 is 9.47 Å². The number of rotatable bonds is 10. The van der Waals surface area contributed by atoms with Gasteiger partial charge in [0, 0.05) is 6.42 Å². The lowest BCUT2D eigenvalue weighted by Gasteiger charge is -2.30. The number of ether oxygens (including phenoxy) is 2. The van der Waals surface area contributed by atoms with E-state index < -0.39 is 18.1 Å². The van der Waals surface area contributed by atoms with Crippen LogP contribution in [0, 0.1) is 0 Å². The maximum Gasteiger partial charge on any atom is 0.436 e. The fraction of sp³-hybridized carbons (Fsp3) is 0.240. The Balaban J connectivity index is 2.16. The number of amides is 3. The van der Waals surface area contributed by atoms with Crippen molar-refractivity contribution in [1.29, 1.82) is 0 Å². The van der Waals surface area contributed by atoms with Crippen molar-refractivity contribution in [3.63, 3.8) is 0 Å². The third-order valence-electron chi connectivity index (χ3n) is 4.37. The van der Waals surface area contributed by atoms with Crippen molar-refractivity contribution in [1.82, 2.24) is 10.0 Å². The van der Waals surface area contributed by atoms with Crippen molar-refractivity contribution in [2.45, 2.75) is 32.5 Å². The predicted molar refractivity (Wildman–Crippen MR) is 121 cm³/mol. The number of hydrogen-bond acceptors (Lipinski definition) is 5. The van der Waals surface area contributed by atoms with Gasteiger partial charge in [-0.2, -0.15) is 0 Å². The van der Waals surface area contributed by atoms with Crippen LogP contribution < -0.4 is 0 Å². The van der Waals surface area contributed by atoms with E-state index in [1.54, 1.807) is 30.3 Å². The summed E-state index contributed by atoms with van der Waals surface area (Å²) < 4.78 is 10.7. The maximum atomic E-state index is 12.9. The normalized spacial score (nSPS) is 10.0. The number of carbonyl (C=O) groups is 3. The van der Waals surface area contributed by atoms with Gasteiger partial charge in [-0.3, -0.25) is 4.79 Å². The van der Waals surface area contributed by atoms with Gasteiger partial charge in [0.2, 0.25) is 0 Å². The second kappa shape index (κ2) is 13.4. The maximum absolute atomic E-state index is 12.9. The van der Waals surface area contributed by atoms with Gasteiger partial charge in [-0.15, -0.1) is 18.2 Å². The molecule has 0 aliphatic rings. The first-order chi connectivity index (χ1) is 15.6. The largest absolute Gasteiger partial charge is 0.443 e. The number of nitrogens with zero attached hydrogens (tertiary/aromatic N) is 2. The monoisotopic (exact) mass is 436 g/mol. The average Bonchev–Trinajstić information content (AvgIpc) is 2.82. The number of benzene rings is 2. The van der Waals surface area contributed by atoms with Crippen LogP contribution in [0.4, 0.5) is 9.59 Å². The van der Waals surface area contributed by atoms with Crippen LogP contribution in [0.1, 0.15) is 30.4 Å². The summed E-state index contributed by atoms with van der Waals surface area (Å²) in [6, 6.07) is 18.1. The first kappa shape index (κ1) is 24.4. The quantitative estimate of drug-likeness (QED) is 0.289. The average molecular weight is 437 g/mol. The highest BCUT2D eigenvalue weighted by Crippen LogP contribution is 2.13. The summed E-state index contributed by atoms with van der Waals surface area (Å²) in [4.78, 5) is 38.5. The topological polar surface area (TPSA) is 76.2 Å². The van der Waals surface area contributed by atoms with E-state index in [9.17, 15) is 14.4 Å². The van der Waals surface area contributed by atoms with E-state index in [-0.39, 0.29) is 26.2 Å². The molecule has 7 heteroatoms. The number of unbranched alkanes of at least 4 members (excludes halogenated alkanes) is 1. The Bertz CT molecular complexity index is 899. The lowest BCUT2D eigenvalue weighted by Crippen LogP contribution is -2.53. The molecule has 2 aromatic carbocycles. The zero-order chi connectivity index (χ0) is 23.2. The molecule has 0 saturated heterocycles. The second-order valence-electron chi connectivity index (χ2n) is 6.84. The first-order valence-electron chi connectivity index (χ1n) is 10.3. The predicted octanol–water partition coefficient (Wildman–Crippen LogP) is 5.25. The van der Waals surface area contributed by atoms with Gasteiger partial charge in [0.05, 0.1) is 6.54 Å². The van der Waals surface area contributed by atoms with Crippen LogP contribution in [0.2, 0.25) is 0 Å². The van der Waals surface area contributed by atoms with E-state index in [1.807, 2.05) is 36.4 Å². The van der Waals surface area contributed by atoms with Gasteiger partial charge in [-0.05, 0) is 24.0 Å². The van der Waals surface area contributed by atoms with Gasteiger partial charge in [0.25, 0.3) is 5.91 Å². The third kappa shape index (κ3) is 7.75. The molecule has 32 heavy (non-hydrogen) atoms. The van der Waals surface area contributed by atoms with Crippen LogP contribution >= 0.6 is 0 Å².